The molecule has 1 heterocycles. The molecule has 1 aromatic rings. The first kappa shape index (κ1) is 15.3. The van der Waals surface area contributed by atoms with Crippen LogP contribution in [0.4, 0.5) is 11.5 Å². The maximum Gasteiger partial charge on any atom is 0.224 e. The van der Waals surface area contributed by atoms with Gasteiger partial charge in [-0.2, -0.15) is 0 Å². The van der Waals surface area contributed by atoms with E-state index in [1.165, 1.54) is 0 Å². The van der Waals surface area contributed by atoms with E-state index in [2.05, 4.69) is 27.4 Å². The first-order valence-electron chi connectivity index (χ1n) is 6.71. The van der Waals surface area contributed by atoms with E-state index in [1.807, 2.05) is 26.1 Å². The molecule has 0 fully saturated rings. The fourth-order valence-electron chi connectivity index (χ4n) is 1.85. The molecule has 0 bridgehead atoms. The number of carbonyl (C=O) groups is 1. The Hall–Kier alpha value is -1.78. The molecule has 19 heavy (non-hydrogen) atoms. The van der Waals surface area contributed by atoms with E-state index in [9.17, 15) is 4.79 Å². The monoisotopic (exact) mass is 264 g/mol. The van der Waals surface area contributed by atoms with Crippen molar-refractivity contribution in [3.63, 3.8) is 0 Å². The molecule has 5 nitrogen and oxygen atoms in total. The van der Waals surface area contributed by atoms with Crippen LogP contribution in [0.3, 0.4) is 0 Å². The first-order chi connectivity index (χ1) is 9.08. The van der Waals surface area contributed by atoms with Gasteiger partial charge in [-0.3, -0.25) is 4.79 Å². The number of aromatic nitrogens is 1. The van der Waals surface area contributed by atoms with Crippen LogP contribution < -0.4 is 15.5 Å². The van der Waals surface area contributed by atoms with Crippen molar-refractivity contribution in [1.29, 1.82) is 0 Å². The van der Waals surface area contributed by atoms with E-state index in [0.29, 0.717) is 6.54 Å². The lowest BCUT2D eigenvalue weighted by molar-refractivity contribution is -0.123. The normalized spacial score (nSPS) is 11.8. The van der Waals surface area contributed by atoms with Crippen LogP contribution in [0.5, 0.6) is 0 Å². The number of hydrogen-bond donors (Lipinski definition) is 2. The molecule has 106 valence electrons. The summed E-state index contributed by atoms with van der Waals surface area (Å²) >= 11 is 0. The molecule has 0 aliphatic carbocycles. The Morgan fingerprint density at radius 2 is 2.26 bits per heavy atom. The molecule has 0 aliphatic rings. The van der Waals surface area contributed by atoms with Gasteiger partial charge in [-0.05, 0) is 12.5 Å². The quantitative estimate of drug-likeness (QED) is 0.787. The van der Waals surface area contributed by atoms with Crippen molar-refractivity contribution in [2.75, 3.05) is 37.4 Å². The number of nitrogens with zero attached hydrogens (tertiary/aromatic N) is 2. The van der Waals surface area contributed by atoms with Crippen molar-refractivity contribution in [2.45, 2.75) is 20.3 Å². The van der Waals surface area contributed by atoms with Gasteiger partial charge >= 0.3 is 0 Å². The summed E-state index contributed by atoms with van der Waals surface area (Å²) in [5.41, 5.74) is 1.06. The Morgan fingerprint density at radius 1 is 1.53 bits per heavy atom. The van der Waals surface area contributed by atoms with Crippen molar-refractivity contribution >= 4 is 17.4 Å². The number of anilines is 2. The minimum atomic E-state index is -0.0461. The van der Waals surface area contributed by atoms with Crippen LogP contribution in [0.2, 0.25) is 0 Å². The summed E-state index contributed by atoms with van der Waals surface area (Å²) in [7, 11) is 3.65. The average molecular weight is 264 g/mol. The van der Waals surface area contributed by atoms with E-state index >= 15 is 0 Å². The number of rotatable bonds is 7. The summed E-state index contributed by atoms with van der Waals surface area (Å²) in [5, 5.41) is 5.93. The number of carbonyl (C=O) groups excluding carboxylic acids is 1. The number of amides is 1. The molecule has 1 rings (SSSR count). The molecular weight excluding hydrogens is 240 g/mol. The molecule has 0 spiro atoms. The molecule has 0 saturated heterocycles. The zero-order chi connectivity index (χ0) is 14.3. The minimum Gasteiger partial charge on any atom is -0.374 e. The molecule has 0 radical (unpaired) electrons. The summed E-state index contributed by atoms with van der Waals surface area (Å²) in [6, 6.07) is 3.96. The van der Waals surface area contributed by atoms with Gasteiger partial charge in [-0.1, -0.05) is 13.8 Å². The molecular formula is C14H24N4O. The number of pyridine rings is 1. The molecule has 0 aliphatic heterocycles. The standard InChI is InChI=1S/C14H24N4O/c1-5-7-16-13-9-12(6-8-17-13)18(4)10-11(2)14(19)15-3/h6,8-9,11H,5,7,10H2,1-4H3,(H,15,19)(H,16,17). The van der Waals surface area contributed by atoms with Crippen LogP contribution in [-0.4, -0.2) is 38.1 Å². The topological polar surface area (TPSA) is 57.3 Å². The molecule has 1 aromatic heterocycles. The molecule has 0 saturated carbocycles. The highest BCUT2D eigenvalue weighted by molar-refractivity contribution is 5.78. The summed E-state index contributed by atoms with van der Waals surface area (Å²) < 4.78 is 0. The van der Waals surface area contributed by atoms with Gasteiger partial charge < -0.3 is 15.5 Å². The Labute approximate surface area is 115 Å². The number of nitrogens with one attached hydrogen (secondary N) is 2. The second-order valence-electron chi connectivity index (χ2n) is 4.72. The highest BCUT2D eigenvalue weighted by Gasteiger charge is 2.14. The molecule has 0 aromatic carbocycles. The van der Waals surface area contributed by atoms with Gasteiger partial charge in [-0.15, -0.1) is 0 Å². The van der Waals surface area contributed by atoms with Crippen LogP contribution in [0.25, 0.3) is 0 Å². The highest BCUT2D eigenvalue weighted by atomic mass is 16.1. The van der Waals surface area contributed by atoms with Crippen molar-refractivity contribution in [1.82, 2.24) is 10.3 Å². The van der Waals surface area contributed by atoms with E-state index < -0.39 is 0 Å². The Bertz CT molecular complexity index is 408. The minimum absolute atomic E-state index is 0.0461. The summed E-state index contributed by atoms with van der Waals surface area (Å²) in [4.78, 5) is 17.9. The predicted molar refractivity (Wildman–Crippen MR) is 79.5 cm³/mol. The average Bonchev–Trinajstić information content (AvgIpc) is 2.44. The van der Waals surface area contributed by atoms with Gasteiger partial charge in [0.15, 0.2) is 0 Å². The van der Waals surface area contributed by atoms with Crippen LogP contribution in [-0.2, 0) is 4.79 Å². The van der Waals surface area contributed by atoms with Crippen LogP contribution >= 0.6 is 0 Å². The molecule has 1 unspecified atom stereocenters. The van der Waals surface area contributed by atoms with Crippen molar-refractivity contribution in [3.8, 4) is 0 Å². The Kier molecular flexibility index (Phi) is 6.12. The van der Waals surface area contributed by atoms with Gasteiger partial charge in [0.1, 0.15) is 5.82 Å². The zero-order valence-electron chi connectivity index (χ0n) is 12.2. The second-order valence-corrected chi connectivity index (χ2v) is 4.72. The summed E-state index contributed by atoms with van der Waals surface area (Å²) in [6.45, 7) is 5.63. The maximum atomic E-state index is 11.5. The summed E-state index contributed by atoms with van der Waals surface area (Å²) in [5.74, 6) is 0.888. The van der Waals surface area contributed by atoms with Crippen LogP contribution in [0, 0.1) is 5.92 Å². The smallest absolute Gasteiger partial charge is 0.224 e. The maximum absolute atomic E-state index is 11.5. The number of hydrogen-bond acceptors (Lipinski definition) is 4. The largest absolute Gasteiger partial charge is 0.374 e. The second kappa shape index (κ2) is 7.61. The van der Waals surface area contributed by atoms with E-state index in [-0.39, 0.29) is 11.8 Å². The van der Waals surface area contributed by atoms with E-state index in [1.54, 1.807) is 13.2 Å². The SMILES string of the molecule is CCCNc1cc(N(C)CC(C)C(=O)NC)ccn1. The predicted octanol–water partition coefficient (Wildman–Crippen LogP) is 1.72. The van der Waals surface area contributed by atoms with Gasteiger partial charge in [0.2, 0.25) is 5.91 Å². The third-order valence-corrected chi connectivity index (χ3v) is 2.98. The summed E-state index contributed by atoms with van der Waals surface area (Å²) in [6.07, 6.45) is 2.85. The highest BCUT2D eigenvalue weighted by Crippen LogP contribution is 2.17. The van der Waals surface area contributed by atoms with Crippen molar-refractivity contribution in [2.24, 2.45) is 5.92 Å². The third-order valence-electron chi connectivity index (χ3n) is 2.98. The fraction of sp³-hybridized carbons (Fsp3) is 0.571. The fourth-order valence-corrected chi connectivity index (χ4v) is 1.85. The Balaban J connectivity index is 2.65. The molecule has 5 heteroatoms. The van der Waals surface area contributed by atoms with Crippen LogP contribution in [0.15, 0.2) is 18.3 Å². The molecule has 1 amide bonds. The van der Waals surface area contributed by atoms with Gasteiger partial charge in [0, 0.05) is 45.1 Å². The van der Waals surface area contributed by atoms with Gasteiger partial charge in [0.25, 0.3) is 0 Å². The third kappa shape index (κ3) is 4.77. The zero-order valence-corrected chi connectivity index (χ0v) is 12.2. The molecule has 1 atom stereocenters. The lowest BCUT2D eigenvalue weighted by Gasteiger charge is -2.23. The van der Waals surface area contributed by atoms with E-state index in [4.69, 9.17) is 0 Å². The lowest BCUT2D eigenvalue weighted by atomic mass is 10.1. The lowest BCUT2D eigenvalue weighted by Crippen LogP contribution is -2.34. The Morgan fingerprint density at radius 3 is 2.89 bits per heavy atom. The van der Waals surface area contributed by atoms with E-state index in [0.717, 1.165) is 24.5 Å². The van der Waals surface area contributed by atoms with Crippen molar-refractivity contribution in [3.05, 3.63) is 18.3 Å². The van der Waals surface area contributed by atoms with Gasteiger partial charge in [-0.25, -0.2) is 4.98 Å². The van der Waals surface area contributed by atoms with Crippen LogP contribution in [0.1, 0.15) is 20.3 Å². The first-order valence-corrected chi connectivity index (χ1v) is 6.71. The van der Waals surface area contributed by atoms with Gasteiger partial charge in [0.05, 0.1) is 5.92 Å². The molecule has 2 N–H and O–H groups in total. The van der Waals surface area contributed by atoms with Crippen molar-refractivity contribution < 1.29 is 4.79 Å².